The van der Waals surface area contributed by atoms with E-state index < -0.39 is 20.8 Å². The van der Waals surface area contributed by atoms with Crippen molar-refractivity contribution in [3.8, 4) is 5.75 Å². The molecule has 0 radical (unpaired) electrons. The van der Waals surface area contributed by atoms with Crippen molar-refractivity contribution in [2.45, 2.75) is 4.90 Å². The minimum Gasteiger partial charge on any atom is -0.495 e. The molecule has 0 spiro atoms. The quantitative estimate of drug-likeness (QED) is 0.652. The monoisotopic (exact) mass is 360 g/mol. The van der Waals surface area contributed by atoms with Crippen molar-refractivity contribution in [2.24, 2.45) is 0 Å². The van der Waals surface area contributed by atoms with E-state index >= 15 is 0 Å². The summed E-state index contributed by atoms with van der Waals surface area (Å²) < 4.78 is 44.8. The van der Waals surface area contributed by atoms with Crippen LogP contribution in [-0.2, 0) is 10.0 Å². The molecule has 0 atom stereocenters. The van der Waals surface area contributed by atoms with Gasteiger partial charge in [-0.3, -0.25) is 14.8 Å². The van der Waals surface area contributed by atoms with E-state index in [1.807, 2.05) is 0 Å². The zero-order chi connectivity index (χ0) is 17.2. The summed E-state index contributed by atoms with van der Waals surface area (Å²) in [5, 5.41) is 10.5. The number of rotatable bonds is 5. The molecule has 0 aliphatic carbocycles. The summed E-state index contributed by atoms with van der Waals surface area (Å²) in [4.78, 5) is 9.76. The number of nitro groups is 1. The van der Waals surface area contributed by atoms with Crippen LogP contribution in [0.25, 0.3) is 0 Å². The average molecular weight is 361 g/mol. The maximum absolute atomic E-state index is 13.0. The van der Waals surface area contributed by atoms with Crippen molar-refractivity contribution in [1.82, 2.24) is 0 Å². The van der Waals surface area contributed by atoms with E-state index in [1.165, 1.54) is 19.2 Å². The second-order valence-electron chi connectivity index (χ2n) is 4.32. The Kier molecular flexibility index (Phi) is 4.71. The van der Waals surface area contributed by atoms with Gasteiger partial charge in [0.25, 0.3) is 15.7 Å². The molecule has 0 aromatic heterocycles. The minimum absolute atomic E-state index is 0.0809. The lowest BCUT2D eigenvalue weighted by atomic mass is 10.2. The van der Waals surface area contributed by atoms with E-state index in [1.54, 1.807) is 0 Å². The van der Waals surface area contributed by atoms with Gasteiger partial charge in [-0.05, 0) is 24.3 Å². The number of sulfonamides is 1. The van der Waals surface area contributed by atoms with E-state index in [0.29, 0.717) is 0 Å². The van der Waals surface area contributed by atoms with Crippen LogP contribution in [0.3, 0.4) is 0 Å². The molecule has 10 heteroatoms. The lowest BCUT2D eigenvalue weighted by molar-refractivity contribution is -0.384. The van der Waals surface area contributed by atoms with Gasteiger partial charge in [-0.15, -0.1) is 0 Å². The third kappa shape index (κ3) is 3.69. The Morgan fingerprint density at radius 2 is 1.96 bits per heavy atom. The van der Waals surface area contributed by atoms with E-state index in [4.69, 9.17) is 16.3 Å². The number of benzene rings is 2. The maximum Gasteiger partial charge on any atom is 0.271 e. The first-order valence-electron chi connectivity index (χ1n) is 6.05. The number of methoxy groups -OCH3 is 1. The lowest BCUT2D eigenvalue weighted by Crippen LogP contribution is -2.14. The SMILES string of the molecule is COc1ccc([N+](=O)[O-])cc1NS(=O)(=O)c1ccc(F)cc1Cl. The number of nitro benzene ring substituents is 1. The third-order valence-electron chi connectivity index (χ3n) is 2.82. The largest absolute Gasteiger partial charge is 0.495 e. The normalized spacial score (nSPS) is 11.1. The molecule has 1 N–H and O–H groups in total. The van der Waals surface area contributed by atoms with Gasteiger partial charge in [0.2, 0.25) is 0 Å². The molecule has 2 aromatic rings. The summed E-state index contributed by atoms with van der Waals surface area (Å²) in [5.41, 5.74) is -0.462. The molecule has 0 aliphatic rings. The van der Waals surface area contributed by atoms with E-state index in [2.05, 4.69) is 4.72 Å². The topological polar surface area (TPSA) is 98.5 Å². The Balaban J connectivity index is 2.48. The second-order valence-corrected chi connectivity index (χ2v) is 6.38. The van der Waals surface area contributed by atoms with Crippen molar-refractivity contribution in [3.05, 3.63) is 57.4 Å². The van der Waals surface area contributed by atoms with Crippen LogP contribution in [0.2, 0.25) is 5.02 Å². The van der Waals surface area contributed by atoms with Crippen molar-refractivity contribution in [1.29, 1.82) is 0 Å². The molecule has 2 aromatic carbocycles. The molecule has 0 amide bonds. The van der Waals surface area contributed by atoms with Gasteiger partial charge in [-0.1, -0.05) is 11.6 Å². The summed E-state index contributed by atoms with van der Waals surface area (Å²) in [6, 6.07) is 6.20. The standard InChI is InChI=1S/C13H10ClFN2O5S/c1-22-12-4-3-9(17(18)19)7-11(12)16-23(20,21)13-5-2-8(15)6-10(13)14/h2-7,16H,1H3. The van der Waals surface area contributed by atoms with Gasteiger partial charge in [-0.25, -0.2) is 12.8 Å². The van der Waals surface area contributed by atoms with Gasteiger partial charge < -0.3 is 4.74 Å². The summed E-state index contributed by atoms with van der Waals surface area (Å²) in [5.74, 6) is -0.612. The van der Waals surface area contributed by atoms with Gasteiger partial charge in [0.1, 0.15) is 16.5 Å². The van der Waals surface area contributed by atoms with Crippen LogP contribution in [0, 0.1) is 15.9 Å². The molecule has 0 heterocycles. The number of nitrogens with zero attached hydrogens (tertiary/aromatic N) is 1. The number of ether oxygens (including phenoxy) is 1. The Bertz CT molecular complexity index is 873. The number of nitrogens with one attached hydrogen (secondary N) is 1. The van der Waals surface area contributed by atoms with Crippen molar-refractivity contribution in [2.75, 3.05) is 11.8 Å². The van der Waals surface area contributed by atoms with Crippen LogP contribution in [0.1, 0.15) is 0 Å². The molecule has 0 saturated carbocycles. The molecule has 0 aliphatic heterocycles. The molecular formula is C13H10ClFN2O5S. The second kappa shape index (κ2) is 6.39. The highest BCUT2D eigenvalue weighted by Gasteiger charge is 2.21. The Hall–Kier alpha value is -2.39. The fourth-order valence-corrected chi connectivity index (χ4v) is 3.38. The van der Waals surface area contributed by atoms with Crippen LogP contribution >= 0.6 is 11.6 Å². The van der Waals surface area contributed by atoms with Crippen molar-refractivity contribution in [3.63, 3.8) is 0 Å². The molecule has 7 nitrogen and oxygen atoms in total. The number of non-ortho nitro benzene ring substituents is 1. The van der Waals surface area contributed by atoms with Crippen LogP contribution in [0.5, 0.6) is 5.75 Å². The summed E-state index contributed by atoms with van der Waals surface area (Å²) in [6.45, 7) is 0. The zero-order valence-corrected chi connectivity index (χ0v) is 13.2. The highest BCUT2D eigenvalue weighted by Crippen LogP contribution is 2.32. The van der Waals surface area contributed by atoms with Crippen LogP contribution in [0.4, 0.5) is 15.8 Å². The summed E-state index contributed by atoms with van der Waals surface area (Å²) >= 11 is 5.74. The predicted octanol–water partition coefficient (Wildman–Crippen LogP) is 3.20. The van der Waals surface area contributed by atoms with Crippen LogP contribution in [0.15, 0.2) is 41.3 Å². The van der Waals surface area contributed by atoms with Crippen LogP contribution in [-0.4, -0.2) is 20.5 Å². The Morgan fingerprint density at radius 1 is 1.26 bits per heavy atom. The van der Waals surface area contributed by atoms with Crippen molar-refractivity contribution < 1.29 is 22.5 Å². The molecule has 0 fully saturated rings. The van der Waals surface area contributed by atoms with Crippen molar-refractivity contribution >= 4 is 33.0 Å². The van der Waals surface area contributed by atoms with Gasteiger partial charge in [-0.2, -0.15) is 0 Å². The Morgan fingerprint density at radius 3 is 2.52 bits per heavy atom. The molecule has 122 valence electrons. The third-order valence-corrected chi connectivity index (χ3v) is 4.67. The first-order valence-corrected chi connectivity index (χ1v) is 7.91. The molecule has 0 unspecified atom stereocenters. The summed E-state index contributed by atoms with van der Waals surface area (Å²) in [6.07, 6.45) is 0. The first kappa shape index (κ1) is 17.0. The highest BCUT2D eigenvalue weighted by molar-refractivity contribution is 7.92. The lowest BCUT2D eigenvalue weighted by Gasteiger charge is -2.12. The van der Waals surface area contributed by atoms with Gasteiger partial charge in [0.05, 0.1) is 22.7 Å². The predicted molar refractivity (Wildman–Crippen MR) is 81.9 cm³/mol. The fraction of sp³-hybridized carbons (Fsp3) is 0.0769. The molecule has 23 heavy (non-hydrogen) atoms. The maximum atomic E-state index is 13.0. The molecule has 2 rings (SSSR count). The van der Waals surface area contributed by atoms with E-state index in [-0.39, 0.29) is 27.0 Å². The van der Waals surface area contributed by atoms with Gasteiger partial charge >= 0.3 is 0 Å². The smallest absolute Gasteiger partial charge is 0.271 e. The molecular weight excluding hydrogens is 351 g/mol. The minimum atomic E-state index is -4.19. The molecule has 0 bridgehead atoms. The zero-order valence-electron chi connectivity index (χ0n) is 11.6. The first-order chi connectivity index (χ1) is 10.7. The van der Waals surface area contributed by atoms with Crippen LogP contribution < -0.4 is 9.46 Å². The van der Waals surface area contributed by atoms with Gasteiger partial charge in [0, 0.05) is 12.1 Å². The van der Waals surface area contributed by atoms with E-state index in [9.17, 15) is 22.9 Å². The Labute approximate surface area is 135 Å². The number of halogens is 2. The van der Waals surface area contributed by atoms with Gasteiger partial charge in [0.15, 0.2) is 0 Å². The molecule has 0 saturated heterocycles. The number of hydrogen-bond donors (Lipinski definition) is 1. The number of hydrogen-bond acceptors (Lipinski definition) is 5. The summed E-state index contributed by atoms with van der Waals surface area (Å²) in [7, 11) is -2.91. The average Bonchev–Trinajstić information content (AvgIpc) is 2.46. The highest BCUT2D eigenvalue weighted by atomic mass is 35.5. The fourth-order valence-electron chi connectivity index (χ4n) is 1.78. The van der Waals surface area contributed by atoms with E-state index in [0.717, 1.165) is 24.3 Å². The number of anilines is 1.